The van der Waals surface area contributed by atoms with Gasteiger partial charge in [-0.05, 0) is 18.4 Å². The van der Waals surface area contributed by atoms with Crippen LogP contribution in [0, 0.1) is 7.05 Å². The fourth-order valence-electron chi connectivity index (χ4n) is 2.16. The van der Waals surface area contributed by atoms with E-state index in [0.717, 1.165) is 5.92 Å². The van der Waals surface area contributed by atoms with E-state index in [9.17, 15) is 0 Å². The van der Waals surface area contributed by atoms with Gasteiger partial charge in [0.2, 0.25) is 0 Å². The number of nitrogens with one attached hydrogen (secondary N) is 1. The molecule has 1 aromatic carbocycles. The van der Waals surface area contributed by atoms with Crippen molar-refractivity contribution in [2.24, 2.45) is 0 Å². The van der Waals surface area contributed by atoms with Crippen LogP contribution in [0.4, 0.5) is 0 Å². The molecule has 1 aliphatic rings. The van der Waals surface area contributed by atoms with E-state index < -0.39 is 0 Å². The lowest BCUT2D eigenvalue weighted by atomic mass is 9.91. The number of likely N-dealkylation sites (tertiary alicyclic amines) is 1. The van der Waals surface area contributed by atoms with Crippen LogP contribution in [0.25, 0.3) is 0 Å². The zero-order valence-corrected chi connectivity index (χ0v) is 8.00. The fraction of sp³-hybridized carbons (Fsp3) is 0.417. The van der Waals surface area contributed by atoms with Gasteiger partial charge in [-0.15, -0.1) is 0 Å². The highest BCUT2D eigenvalue weighted by atomic mass is 15.1. The smallest absolute Gasteiger partial charge is 0.0600 e. The number of benzene rings is 1. The van der Waals surface area contributed by atoms with Crippen molar-refractivity contribution in [2.45, 2.75) is 18.8 Å². The van der Waals surface area contributed by atoms with E-state index in [1.54, 1.807) is 0 Å². The summed E-state index contributed by atoms with van der Waals surface area (Å²) in [5.74, 6) is 0.738. The first-order valence-corrected chi connectivity index (χ1v) is 5.08. The molecule has 0 amide bonds. The molecule has 0 radical (unpaired) electrons. The molecule has 1 N–H and O–H groups in total. The predicted octanol–water partition coefficient (Wildman–Crippen LogP) is 1.24. The van der Waals surface area contributed by atoms with Crippen LogP contribution in [0.3, 0.4) is 0 Å². The Labute approximate surface area is 80.4 Å². The molecule has 1 heteroatoms. The molecule has 0 bridgehead atoms. The van der Waals surface area contributed by atoms with Crippen molar-refractivity contribution in [2.75, 3.05) is 13.1 Å². The summed E-state index contributed by atoms with van der Waals surface area (Å²) in [5, 5.41) is 0. The third kappa shape index (κ3) is 2.10. The Morgan fingerprint density at radius 2 is 2.00 bits per heavy atom. The quantitative estimate of drug-likeness (QED) is 0.613. The molecule has 0 spiro atoms. The molecule has 0 aliphatic carbocycles. The van der Waals surface area contributed by atoms with Crippen LogP contribution in [-0.2, 0) is 0 Å². The van der Waals surface area contributed by atoms with E-state index in [-0.39, 0.29) is 0 Å². The molecule has 2 unspecified atom stereocenters. The summed E-state index contributed by atoms with van der Waals surface area (Å²) in [6.45, 7) is 2.44. The van der Waals surface area contributed by atoms with Crippen molar-refractivity contribution >= 4 is 0 Å². The highest BCUT2D eigenvalue weighted by Crippen LogP contribution is 2.20. The van der Waals surface area contributed by atoms with Crippen molar-refractivity contribution in [1.29, 1.82) is 0 Å². The third-order valence-corrected chi connectivity index (χ3v) is 2.89. The molecule has 1 aromatic rings. The summed E-state index contributed by atoms with van der Waals surface area (Å²) in [4.78, 5) is 1.43. The minimum atomic E-state index is 0.738. The highest BCUT2D eigenvalue weighted by Gasteiger charge is 2.18. The predicted molar refractivity (Wildman–Crippen MR) is 54.5 cm³/mol. The van der Waals surface area contributed by atoms with Crippen LogP contribution in [0.15, 0.2) is 30.3 Å². The zero-order valence-electron chi connectivity index (χ0n) is 8.00. The molecule has 13 heavy (non-hydrogen) atoms. The topological polar surface area (TPSA) is 4.44 Å². The Bertz CT molecular complexity index is 255. The molecular formula is C12H17N. The maximum Gasteiger partial charge on any atom is 0.0600 e. The van der Waals surface area contributed by atoms with Crippen molar-refractivity contribution in [3.63, 3.8) is 0 Å². The lowest BCUT2D eigenvalue weighted by Crippen LogP contribution is -3.08. The van der Waals surface area contributed by atoms with Crippen LogP contribution >= 0.6 is 0 Å². The standard InChI is InChI=1S/C12H17N/c1-13-9-5-8-12(10-13)11-6-3-2-4-7-11/h2-4,6-7,12-13H,1,5,8-10H2. The van der Waals surface area contributed by atoms with Gasteiger partial charge in [-0.2, -0.15) is 7.05 Å². The molecule has 2 rings (SSSR count). The van der Waals surface area contributed by atoms with Crippen LogP contribution in [0.5, 0.6) is 0 Å². The number of rotatable bonds is 1. The molecule has 0 saturated carbocycles. The van der Waals surface area contributed by atoms with E-state index >= 15 is 0 Å². The van der Waals surface area contributed by atoms with E-state index in [2.05, 4.69) is 37.4 Å². The van der Waals surface area contributed by atoms with Gasteiger partial charge in [-0.1, -0.05) is 30.3 Å². The third-order valence-electron chi connectivity index (χ3n) is 2.89. The minimum Gasteiger partial charge on any atom is -0.467 e. The summed E-state index contributed by atoms with van der Waals surface area (Å²) in [6, 6.07) is 10.8. The first kappa shape index (κ1) is 8.76. The average molecular weight is 175 g/mol. The van der Waals surface area contributed by atoms with Crippen molar-refractivity contribution in [1.82, 2.24) is 0 Å². The van der Waals surface area contributed by atoms with Gasteiger partial charge in [-0.3, -0.25) is 0 Å². The van der Waals surface area contributed by atoms with Gasteiger partial charge in [0.1, 0.15) is 0 Å². The number of hydrogen-bond acceptors (Lipinski definition) is 0. The highest BCUT2D eigenvalue weighted by molar-refractivity contribution is 5.19. The number of quaternary nitrogens is 1. The molecule has 1 heterocycles. The van der Waals surface area contributed by atoms with Gasteiger partial charge in [0.05, 0.1) is 13.1 Å². The van der Waals surface area contributed by atoms with E-state index in [0.29, 0.717) is 0 Å². The second-order valence-electron chi connectivity index (χ2n) is 3.95. The van der Waals surface area contributed by atoms with E-state index in [4.69, 9.17) is 0 Å². The molecule has 70 valence electrons. The van der Waals surface area contributed by atoms with Crippen molar-refractivity contribution < 1.29 is 4.90 Å². The van der Waals surface area contributed by atoms with E-state index in [1.807, 2.05) is 0 Å². The van der Waals surface area contributed by atoms with Gasteiger partial charge < -0.3 is 4.90 Å². The minimum absolute atomic E-state index is 0.738. The lowest BCUT2D eigenvalue weighted by molar-refractivity contribution is -0.860. The molecule has 1 nitrogen and oxygen atoms in total. The monoisotopic (exact) mass is 175 g/mol. The molecule has 2 atom stereocenters. The maximum atomic E-state index is 4.09. The van der Waals surface area contributed by atoms with Crippen LogP contribution in [0.1, 0.15) is 24.3 Å². The molecule has 0 aromatic heterocycles. The fourth-order valence-corrected chi connectivity index (χ4v) is 2.16. The summed E-state index contributed by atoms with van der Waals surface area (Å²) < 4.78 is 0. The van der Waals surface area contributed by atoms with Gasteiger partial charge in [-0.25, -0.2) is 0 Å². The summed E-state index contributed by atoms with van der Waals surface area (Å²) in [5.41, 5.74) is 1.49. The SMILES string of the molecule is [CH2-][NH+]1CCCC(c2ccccc2)C1. The number of piperidine rings is 1. The van der Waals surface area contributed by atoms with Gasteiger partial charge in [0.15, 0.2) is 0 Å². The average Bonchev–Trinajstić information content (AvgIpc) is 2.19. The van der Waals surface area contributed by atoms with Gasteiger partial charge >= 0.3 is 0 Å². The zero-order chi connectivity index (χ0) is 9.10. The molecule has 1 aliphatic heterocycles. The molecule has 1 saturated heterocycles. The lowest BCUT2D eigenvalue weighted by Gasteiger charge is -2.31. The molecular weight excluding hydrogens is 158 g/mol. The van der Waals surface area contributed by atoms with Crippen molar-refractivity contribution in [3.05, 3.63) is 42.9 Å². The Kier molecular flexibility index (Phi) is 2.65. The van der Waals surface area contributed by atoms with E-state index in [1.165, 1.54) is 36.4 Å². The van der Waals surface area contributed by atoms with Crippen molar-refractivity contribution in [3.8, 4) is 0 Å². The summed E-state index contributed by atoms with van der Waals surface area (Å²) in [6.07, 6.45) is 2.65. The van der Waals surface area contributed by atoms with Crippen LogP contribution in [-0.4, -0.2) is 13.1 Å². The maximum absolute atomic E-state index is 4.09. The second kappa shape index (κ2) is 3.93. The summed E-state index contributed by atoms with van der Waals surface area (Å²) >= 11 is 0. The largest absolute Gasteiger partial charge is 0.467 e. The first-order valence-electron chi connectivity index (χ1n) is 5.08. The van der Waals surface area contributed by atoms with Crippen LogP contribution < -0.4 is 4.90 Å². The van der Waals surface area contributed by atoms with Crippen LogP contribution in [0.2, 0.25) is 0 Å². The Hall–Kier alpha value is -0.820. The van der Waals surface area contributed by atoms with Gasteiger partial charge in [0, 0.05) is 5.92 Å². The van der Waals surface area contributed by atoms with Gasteiger partial charge in [0.25, 0.3) is 0 Å². The normalized spacial score (nSPS) is 28.7. The second-order valence-corrected chi connectivity index (χ2v) is 3.95. The molecule has 1 fully saturated rings. The Balaban J connectivity index is 2.08. The summed E-state index contributed by atoms with van der Waals surface area (Å²) in [7, 11) is 4.09. The Morgan fingerprint density at radius 1 is 1.23 bits per heavy atom. The Morgan fingerprint density at radius 3 is 2.69 bits per heavy atom. The first-order chi connectivity index (χ1) is 6.36. The number of hydrogen-bond donors (Lipinski definition) is 1.